The van der Waals surface area contributed by atoms with Crippen LogP contribution in [0.3, 0.4) is 0 Å². The van der Waals surface area contributed by atoms with Crippen LogP contribution in [-0.4, -0.2) is 42.5 Å². The zero-order valence-electron chi connectivity index (χ0n) is 13.8. The van der Waals surface area contributed by atoms with Gasteiger partial charge in [0, 0.05) is 12.2 Å². The molecule has 0 saturated heterocycles. The normalized spacial score (nSPS) is 21.1. The third kappa shape index (κ3) is 2.26. The van der Waals surface area contributed by atoms with Crippen molar-refractivity contribution in [3.8, 4) is 11.5 Å². The Labute approximate surface area is 164 Å². The van der Waals surface area contributed by atoms with Gasteiger partial charge in [0.2, 0.25) is 5.78 Å². The summed E-state index contributed by atoms with van der Waals surface area (Å²) in [6, 6.07) is 0. The second-order valence-electron chi connectivity index (χ2n) is 5.58. The number of halogens is 2. The van der Waals surface area contributed by atoms with Crippen molar-refractivity contribution in [3.63, 3.8) is 0 Å². The molecule has 1 spiro atoms. The fourth-order valence-electron chi connectivity index (χ4n) is 2.96. The van der Waals surface area contributed by atoms with E-state index in [9.17, 15) is 19.5 Å². The van der Waals surface area contributed by atoms with E-state index >= 15 is 0 Å². The molecule has 0 bridgehead atoms. The predicted molar refractivity (Wildman–Crippen MR) is 96.1 cm³/mol. The summed E-state index contributed by atoms with van der Waals surface area (Å²) in [7, 11) is 2.36. The summed E-state index contributed by atoms with van der Waals surface area (Å²) < 4.78 is 16.5. The lowest BCUT2D eigenvalue weighted by molar-refractivity contribution is -0.138. The Hall–Kier alpha value is -2.13. The van der Waals surface area contributed by atoms with Crippen LogP contribution >= 0.6 is 31.9 Å². The van der Waals surface area contributed by atoms with Gasteiger partial charge < -0.3 is 19.3 Å². The predicted octanol–water partition coefficient (Wildman–Crippen LogP) is 2.75. The summed E-state index contributed by atoms with van der Waals surface area (Å²) in [4.78, 5) is 37.6. The molecule has 136 valence electrons. The first-order chi connectivity index (χ1) is 12.2. The number of esters is 1. The van der Waals surface area contributed by atoms with Crippen molar-refractivity contribution in [1.29, 1.82) is 0 Å². The van der Waals surface area contributed by atoms with Crippen LogP contribution in [0.2, 0.25) is 0 Å². The first-order valence-corrected chi connectivity index (χ1v) is 8.84. The molecule has 1 aromatic carbocycles. The molecule has 0 amide bonds. The number of hydrogen-bond acceptors (Lipinski definition) is 7. The Morgan fingerprint density at radius 1 is 1.19 bits per heavy atom. The summed E-state index contributed by atoms with van der Waals surface area (Å²) in [5.74, 6) is -2.69. The first-order valence-electron chi connectivity index (χ1n) is 7.25. The van der Waals surface area contributed by atoms with Gasteiger partial charge in [-0.25, -0.2) is 4.79 Å². The number of Topliss-reactive ketones (excluding diaryl/α,β-unsaturated/α-hetero) is 1. The highest BCUT2D eigenvalue weighted by atomic mass is 79.9. The first kappa shape index (κ1) is 18.7. The number of fused-ring (bicyclic) bond motifs is 1. The number of rotatable bonds is 2. The molecular formula is C17H12Br2O7. The lowest BCUT2D eigenvalue weighted by Gasteiger charge is -2.31. The molecule has 2 aliphatic rings. The van der Waals surface area contributed by atoms with E-state index in [4.69, 9.17) is 14.2 Å². The van der Waals surface area contributed by atoms with E-state index in [0.29, 0.717) is 14.5 Å². The molecule has 1 aliphatic heterocycles. The number of hydrogen-bond donors (Lipinski definition) is 1. The van der Waals surface area contributed by atoms with Gasteiger partial charge in [0.15, 0.2) is 17.3 Å². The quantitative estimate of drug-likeness (QED) is 0.640. The van der Waals surface area contributed by atoms with Crippen molar-refractivity contribution < 1.29 is 33.7 Å². The van der Waals surface area contributed by atoms with E-state index in [2.05, 4.69) is 31.9 Å². The molecule has 0 saturated carbocycles. The highest BCUT2D eigenvalue weighted by Gasteiger charge is 2.61. The third-order valence-electron chi connectivity index (χ3n) is 4.24. The fourth-order valence-corrected chi connectivity index (χ4v) is 4.10. The summed E-state index contributed by atoms with van der Waals surface area (Å²) in [6.07, 6.45) is 2.02. The topological polar surface area (TPSA) is 99.1 Å². The van der Waals surface area contributed by atoms with Gasteiger partial charge in [0.05, 0.1) is 23.2 Å². The molecule has 1 N–H and O–H groups in total. The number of carbonyl (C=O) groups excluding carboxylic acids is 3. The monoisotopic (exact) mass is 486 g/mol. The minimum atomic E-state index is -2.05. The minimum Gasteiger partial charge on any atom is -0.506 e. The van der Waals surface area contributed by atoms with Gasteiger partial charge in [0.25, 0.3) is 5.60 Å². The van der Waals surface area contributed by atoms with E-state index in [-0.39, 0.29) is 28.4 Å². The van der Waals surface area contributed by atoms with Gasteiger partial charge in [0.1, 0.15) is 16.9 Å². The van der Waals surface area contributed by atoms with E-state index in [0.717, 1.165) is 19.3 Å². The van der Waals surface area contributed by atoms with Crippen molar-refractivity contribution in [2.45, 2.75) is 12.5 Å². The number of methoxy groups -OCH3 is 2. The van der Waals surface area contributed by atoms with E-state index in [1.807, 2.05) is 0 Å². The smallest absolute Gasteiger partial charge is 0.338 e. The molecule has 1 atom stereocenters. The van der Waals surface area contributed by atoms with Crippen molar-refractivity contribution >= 4 is 49.4 Å². The minimum absolute atomic E-state index is 0.0419. The van der Waals surface area contributed by atoms with Crippen molar-refractivity contribution in [2.75, 3.05) is 14.2 Å². The zero-order chi connectivity index (χ0) is 19.4. The molecule has 1 heterocycles. The number of aromatic hydroxyl groups is 1. The van der Waals surface area contributed by atoms with Crippen LogP contribution < -0.4 is 4.74 Å². The molecule has 0 aromatic heterocycles. The van der Waals surface area contributed by atoms with Gasteiger partial charge >= 0.3 is 5.97 Å². The molecule has 1 aliphatic carbocycles. The Bertz CT molecular complexity index is 945. The van der Waals surface area contributed by atoms with Gasteiger partial charge in [-0.15, -0.1) is 0 Å². The maximum Gasteiger partial charge on any atom is 0.338 e. The van der Waals surface area contributed by atoms with E-state index in [1.165, 1.54) is 7.11 Å². The summed E-state index contributed by atoms with van der Waals surface area (Å²) in [5.41, 5.74) is -1.93. The zero-order valence-corrected chi connectivity index (χ0v) is 17.0. The van der Waals surface area contributed by atoms with Crippen LogP contribution in [0.25, 0.3) is 0 Å². The van der Waals surface area contributed by atoms with E-state index in [1.54, 1.807) is 6.92 Å². The lowest BCUT2D eigenvalue weighted by Crippen LogP contribution is -2.49. The number of ketones is 2. The Morgan fingerprint density at radius 2 is 1.85 bits per heavy atom. The van der Waals surface area contributed by atoms with Gasteiger partial charge in [-0.2, -0.15) is 0 Å². The fraction of sp³-hybridized carbons (Fsp3) is 0.235. The standard InChI is InChI=1S/C17H12Br2O7/c1-6-11(18)13(21)10-14(12(6)19)26-17(15(10)22)8(16(23)25-3)4-7(20)5-9(17)24-2/h4-5,21H,1-3H3. The molecular weight excluding hydrogens is 476 g/mol. The number of carbonyl (C=O) groups is 3. The van der Waals surface area contributed by atoms with Crippen LogP contribution in [-0.2, 0) is 19.1 Å². The highest BCUT2D eigenvalue weighted by Crippen LogP contribution is 2.54. The third-order valence-corrected chi connectivity index (χ3v) is 6.17. The number of ether oxygens (including phenoxy) is 3. The number of phenolic OH excluding ortho intramolecular Hbond substituents is 1. The van der Waals surface area contributed by atoms with Crippen LogP contribution in [0, 0.1) is 6.92 Å². The number of benzene rings is 1. The largest absolute Gasteiger partial charge is 0.506 e. The van der Waals surface area contributed by atoms with Crippen LogP contribution in [0.4, 0.5) is 0 Å². The molecule has 0 radical (unpaired) electrons. The van der Waals surface area contributed by atoms with Crippen molar-refractivity contribution in [2.24, 2.45) is 0 Å². The number of allylic oxidation sites excluding steroid dienone is 2. The maximum atomic E-state index is 13.3. The maximum absolute atomic E-state index is 13.3. The second kappa shape index (κ2) is 6.24. The lowest BCUT2D eigenvalue weighted by atomic mass is 9.81. The Morgan fingerprint density at radius 3 is 2.42 bits per heavy atom. The average Bonchev–Trinajstić information content (AvgIpc) is 2.93. The van der Waals surface area contributed by atoms with Gasteiger partial charge in [-0.05, 0) is 44.3 Å². The van der Waals surface area contributed by atoms with Crippen LogP contribution in [0.1, 0.15) is 15.9 Å². The molecule has 9 heteroatoms. The summed E-state index contributed by atoms with van der Waals surface area (Å²) >= 11 is 6.57. The van der Waals surface area contributed by atoms with Crippen molar-refractivity contribution in [1.82, 2.24) is 0 Å². The molecule has 1 unspecified atom stereocenters. The Balaban J connectivity index is 2.35. The summed E-state index contributed by atoms with van der Waals surface area (Å²) in [5, 5.41) is 10.5. The molecule has 1 aromatic rings. The van der Waals surface area contributed by atoms with Crippen LogP contribution in [0.15, 0.2) is 32.4 Å². The molecule has 3 rings (SSSR count). The average molecular weight is 488 g/mol. The summed E-state index contributed by atoms with van der Waals surface area (Å²) in [6.45, 7) is 1.70. The second-order valence-corrected chi connectivity index (χ2v) is 7.17. The number of phenols is 1. The Kier molecular flexibility index (Phi) is 4.48. The highest BCUT2D eigenvalue weighted by molar-refractivity contribution is 9.11. The SMILES string of the molecule is COC(=O)C1=CC(=O)C=C(OC)C12Oc1c(Br)c(C)c(Br)c(O)c1C2=O. The molecule has 0 fully saturated rings. The van der Waals surface area contributed by atoms with Crippen LogP contribution in [0.5, 0.6) is 11.5 Å². The molecule has 7 nitrogen and oxygen atoms in total. The van der Waals surface area contributed by atoms with E-state index < -0.39 is 23.1 Å². The van der Waals surface area contributed by atoms with Gasteiger partial charge in [-0.3, -0.25) is 9.59 Å². The van der Waals surface area contributed by atoms with Gasteiger partial charge in [-0.1, -0.05) is 0 Å². The molecule has 26 heavy (non-hydrogen) atoms. The van der Waals surface area contributed by atoms with Crippen molar-refractivity contribution in [3.05, 3.63) is 43.6 Å².